The van der Waals surface area contributed by atoms with Crippen LogP contribution in [-0.4, -0.2) is 12.2 Å². The molecule has 0 fully saturated rings. The Labute approximate surface area is 72.1 Å². The van der Waals surface area contributed by atoms with E-state index in [0.717, 1.165) is 5.56 Å². The van der Waals surface area contributed by atoms with Gasteiger partial charge in [-0.3, -0.25) is 0 Å². The number of benzene rings is 1. The molecule has 0 aliphatic carbocycles. The average Bonchev–Trinajstić information content (AvgIpc) is 2.04. The van der Waals surface area contributed by atoms with Crippen LogP contribution in [0.3, 0.4) is 0 Å². The van der Waals surface area contributed by atoms with Crippen molar-refractivity contribution in [2.75, 3.05) is 7.11 Å². The van der Waals surface area contributed by atoms with Gasteiger partial charge in [0.2, 0.25) is 0 Å². The van der Waals surface area contributed by atoms with Crippen molar-refractivity contribution in [3.63, 3.8) is 0 Å². The molecule has 1 aromatic rings. The summed E-state index contributed by atoms with van der Waals surface area (Å²) < 4.78 is 4.99. The average molecular weight is 164 g/mol. The van der Waals surface area contributed by atoms with Crippen molar-refractivity contribution in [3.8, 4) is 11.5 Å². The maximum Gasteiger partial charge on any atom is 0.123 e. The Morgan fingerprint density at radius 2 is 2.08 bits per heavy atom. The Hall–Kier alpha value is -1.44. The molecule has 0 saturated carbocycles. The zero-order valence-electron chi connectivity index (χ0n) is 7.24. The van der Waals surface area contributed by atoms with Gasteiger partial charge in [0.05, 0.1) is 7.11 Å². The van der Waals surface area contributed by atoms with E-state index in [4.69, 9.17) is 4.74 Å². The van der Waals surface area contributed by atoms with Gasteiger partial charge in [0.25, 0.3) is 0 Å². The SMILES string of the molecule is C/C=C\c1cc(O)cc(OC)c1. The van der Waals surface area contributed by atoms with Crippen LogP contribution in [0.4, 0.5) is 0 Å². The first kappa shape index (κ1) is 8.65. The van der Waals surface area contributed by atoms with Gasteiger partial charge in [0.15, 0.2) is 0 Å². The van der Waals surface area contributed by atoms with Crippen LogP contribution in [0.1, 0.15) is 12.5 Å². The fourth-order valence-electron chi connectivity index (χ4n) is 1.01. The summed E-state index contributed by atoms with van der Waals surface area (Å²) in [7, 11) is 1.58. The molecule has 0 aromatic heterocycles. The van der Waals surface area contributed by atoms with Crippen LogP contribution in [-0.2, 0) is 0 Å². The van der Waals surface area contributed by atoms with Crippen LogP contribution in [0.2, 0.25) is 0 Å². The van der Waals surface area contributed by atoms with Gasteiger partial charge in [-0.05, 0) is 24.6 Å². The highest BCUT2D eigenvalue weighted by atomic mass is 16.5. The molecule has 0 heterocycles. The van der Waals surface area contributed by atoms with Crippen molar-refractivity contribution in [2.45, 2.75) is 6.92 Å². The van der Waals surface area contributed by atoms with Crippen molar-refractivity contribution >= 4 is 6.08 Å². The quantitative estimate of drug-likeness (QED) is 0.727. The third-order valence-electron chi connectivity index (χ3n) is 1.51. The van der Waals surface area contributed by atoms with Crippen molar-refractivity contribution < 1.29 is 9.84 Å². The summed E-state index contributed by atoms with van der Waals surface area (Å²) >= 11 is 0. The summed E-state index contributed by atoms with van der Waals surface area (Å²) in [5.74, 6) is 0.894. The molecule has 0 unspecified atom stereocenters. The molecular weight excluding hydrogens is 152 g/mol. The fourth-order valence-corrected chi connectivity index (χ4v) is 1.01. The number of phenols is 1. The number of hydrogen-bond donors (Lipinski definition) is 1. The zero-order chi connectivity index (χ0) is 8.97. The first-order valence-corrected chi connectivity index (χ1v) is 3.77. The van der Waals surface area contributed by atoms with Gasteiger partial charge in [-0.1, -0.05) is 12.2 Å². The molecule has 0 saturated heterocycles. The van der Waals surface area contributed by atoms with Crippen LogP contribution in [0.5, 0.6) is 11.5 Å². The van der Waals surface area contributed by atoms with E-state index >= 15 is 0 Å². The first-order chi connectivity index (χ1) is 5.76. The Morgan fingerprint density at radius 3 is 2.67 bits per heavy atom. The van der Waals surface area contributed by atoms with Crippen molar-refractivity contribution in [3.05, 3.63) is 29.8 Å². The number of phenolic OH excluding ortho intramolecular Hbond substituents is 1. The number of allylic oxidation sites excluding steroid dienone is 1. The van der Waals surface area contributed by atoms with E-state index in [1.807, 2.05) is 25.1 Å². The molecule has 1 N–H and O–H groups in total. The van der Waals surface area contributed by atoms with Crippen LogP contribution in [0.25, 0.3) is 6.08 Å². The topological polar surface area (TPSA) is 29.5 Å². The molecule has 64 valence electrons. The molecule has 12 heavy (non-hydrogen) atoms. The molecule has 0 aliphatic heterocycles. The molecule has 0 radical (unpaired) electrons. The summed E-state index contributed by atoms with van der Waals surface area (Å²) in [6.07, 6.45) is 3.82. The molecule has 0 atom stereocenters. The highest BCUT2D eigenvalue weighted by molar-refractivity contribution is 5.54. The molecule has 0 aliphatic rings. The number of hydrogen-bond acceptors (Lipinski definition) is 2. The van der Waals surface area contributed by atoms with Gasteiger partial charge in [-0.25, -0.2) is 0 Å². The minimum Gasteiger partial charge on any atom is -0.508 e. The third-order valence-corrected chi connectivity index (χ3v) is 1.51. The van der Waals surface area contributed by atoms with Crippen LogP contribution < -0.4 is 4.74 Å². The number of ether oxygens (including phenoxy) is 1. The summed E-state index contributed by atoms with van der Waals surface area (Å²) in [5, 5.41) is 9.24. The monoisotopic (exact) mass is 164 g/mol. The van der Waals surface area contributed by atoms with Gasteiger partial charge >= 0.3 is 0 Å². The van der Waals surface area contributed by atoms with E-state index in [2.05, 4.69) is 0 Å². The lowest BCUT2D eigenvalue weighted by Gasteiger charge is -2.01. The van der Waals surface area contributed by atoms with E-state index in [0.29, 0.717) is 5.75 Å². The van der Waals surface area contributed by atoms with Crippen molar-refractivity contribution in [1.82, 2.24) is 0 Å². The molecular formula is C10H12O2. The van der Waals surface area contributed by atoms with Gasteiger partial charge in [-0.2, -0.15) is 0 Å². The molecule has 0 spiro atoms. The maximum atomic E-state index is 9.24. The smallest absolute Gasteiger partial charge is 0.123 e. The Morgan fingerprint density at radius 1 is 1.33 bits per heavy atom. The van der Waals surface area contributed by atoms with E-state index in [1.165, 1.54) is 0 Å². The summed E-state index contributed by atoms with van der Waals surface area (Å²) in [6.45, 7) is 1.93. The zero-order valence-corrected chi connectivity index (χ0v) is 7.24. The largest absolute Gasteiger partial charge is 0.508 e. The van der Waals surface area contributed by atoms with Crippen molar-refractivity contribution in [1.29, 1.82) is 0 Å². The first-order valence-electron chi connectivity index (χ1n) is 3.77. The minimum absolute atomic E-state index is 0.224. The second kappa shape index (κ2) is 3.81. The molecule has 2 heteroatoms. The van der Waals surface area contributed by atoms with Crippen LogP contribution >= 0.6 is 0 Å². The Balaban J connectivity index is 3.06. The van der Waals surface area contributed by atoms with Crippen LogP contribution in [0.15, 0.2) is 24.3 Å². The molecule has 1 aromatic carbocycles. The van der Waals surface area contributed by atoms with Gasteiger partial charge in [0.1, 0.15) is 11.5 Å². The second-order valence-electron chi connectivity index (χ2n) is 2.46. The standard InChI is InChI=1S/C10H12O2/c1-3-4-8-5-9(11)7-10(6-8)12-2/h3-7,11H,1-2H3/b4-3-. The summed E-state index contributed by atoms with van der Waals surface area (Å²) in [4.78, 5) is 0. The highest BCUT2D eigenvalue weighted by Crippen LogP contribution is 2.21. The highest BCUT2D eigenvalue weighted by Gasteiger charge is 1.96. The second-order valence-corrected chi connectivity index (χ2v) is 2.46. The summed E-state index contributed by atoms with van der Waals surface area (Å²) in [5.41, 5.74) is 0.939. The summed E-state index contributed by atoms with van der Waals surface area (Å²) in [6, 6.07) is 5.12. The van der Waals surface area contributed by atoms with E-state index in [9.17, 15) is 5.11 Å². The lowest BCUT2D eigenvalue weighted by molar-refractivity contribution is 0.407. The van der Waals surface area contributed by atoms with E-state index < -0.39 is 0 Å². The number of aromatic hydroxyl groups is 1. The van der Waals surface area contributed by atoms with Crippen LogP contribution in [0, 0.1) is 0 Å². The molecule has 0 amide bonds. The fraction of sp³-hybridized carbons (Fsp3) is 0.200. The molecule has 2 nitrogen and oxygen atoms in total. The predicted octanol–water partition coefficient (Wildman–Crippen LogP) is 2.43. The third kappa shape index (κ3) is 2.02. The molecule has 0 bridgehead atoms. The van der Waals surface area contributed by atoms with Gasteiger partial charge in [-0.15, -0.1) is 0 Å². The maximum absolute atomic E-state index is 9.24. The van der Waals surface area contributed by atoms with Gasteiger partial charge in [0, 0.05) is 6.07 Å². The van der Waals surface area contributed by atoms with E-state index in [1.54, 1.807) is 19.2 Å². The minimum atomic E-state index is 0.224. The Kier molecular flexibility index (Phi) is 2.75. The molecule has 1 rings (SSSR count). The van der Waals surface area contributed by atoms with E-state index in [-0.39, 0.29) is 5.75 Å². The number of rotatable bonds is 2. The number of methoxy groups -OCH3 is 1. The lowest BCUT2D eigenvalue weighted by atomic mass is 10.2. The Bertz CT molecular complexity index is 290. The van der Waals surface area contributed by atoms with Gasteiger partial charge < -0.3 is 9.84 Å². The van der Waals surface area contributed by atoms with Crippen molar-refractivity contribution in [2.24, 2.45) is 0 Å². The predicted molar refractivity (Wildman–Crippen MR) is 49.4 cm³/mol. The lowest BCUT2D eigenvalue weighted by Crippen LogP contribution is -1.82. The normalized spacial score (nSPS) is 10.5.